The Labute approximate surface area is 104 Å². The number of aromatic nitrogens is 4. The van der Waals surface area contributed by atoms with Crippen molar-refractivity contribution in [2.24, 2.45) is 13.0 Å². The topological polar surface area (TPSA) is 55.6 Å². The highest BCUT2D eigenvalue weighted by Crippen LogP contribution is 2.24. The second-order valence-electron chi connectivity index (χ2n) is 4.34. The average molecular weight is 249 g/mol. The van der Waals surface area contributed by atoms with Crippen molar-refractivity contribution < 1.29 is 0 Å². The molecule has 0 amide bonds. The highest BCUT2D eigenvalue weighted by atomic mass is 32.2. The van der Waals surface area contributed by atoms with Crippen LogP contribution in [0.15, 0.2) is 12.5 Å². The maximum Gasteiger partial charge on any atom is 0.163 e. The maximum absolute atomic E-state index is 4.30. The molecule has 3 heterocycles. The van der Waals surface area contributed by atoms with Crippen LogP contribution in [0.25, 0.3) is 11.0 Å². The molecule has 90 valence electrons. The normalized spacial score (nSPS) is 19.9. The van der Waals surface area contributed by atoms with Crippen molar-refractivity contribution in [2.75, 3.05) is 23.4 Å². The van der Waals surface area contributed by atoms with Crippen LogP contribution in [0.3, 0.4) is 0 Å². The van der Waals surface area contributed by atoms with E-state index in [-0.39, 0.29) is 0 Å². The van der Waals surface area contributed by atoms with Gasteiger partial charge in [0.2, 0.25) is 0 Å². The second-order valence-corrected chi connectivity index (χ2v) is 5.49. The van der Waals surface area contributed by atoms with E-state index >= 15 is 0 Å². The number of nitrogens with one attached hydrogen (secondary N) is 1. The molecule has 5 nitrogen and oxygen atoms in total. The van der Waals surface area contributed by atoms with E-state index in [0.717, 1.165) is 29.3 Å². The molecule has 1 atom stereocenters. The number of rotatable bonds is 3. The number of anilines is 1. The van der Waals surface area contributed by atoms with Crippen LogP contribution in [0.1, 0.15) is 6.42 Å². The molecule has 0 aromatic carbocycles. The van der Waals surface area contributed by atoms with Crippen molar-refractivity contribution in [1.82, 2.24) is 19.7 Å². The Balaban J connectivity index is 1.79. The third kappa shape index (κ3) is 2.09. The minimum absolute atomic E-state index is 0.765. The Kier molecular flexibility index (Phi) is 2.88. The zero-order valence-corrected chi connectivity index (χ0v) is 10.6. The van der Waals surface area contributed by atoms with Crippen molar-refractivity contribution in [3.8, 4) is 0 Å². The molecular formula is C11H15N5S. The highest BCUT2D eigenvalue weighted by Gasteiger charge is 2.16. The van der Waals surface area contributed by atoms with E-state index in [1.807, 2.05) is 25.0 Å². The fourth-order valence-electron chi connectivity index (χ4n) is 2.09. The quantitative estimate of drug-likeness (QED) is 0.894. The molecule has 0 bridgehead atoms. The summed E-state index contributed by atoms with van der Waals surface area (Å²) >= 11 is 2.04. The molecule has 1 N–H and O–H groups in total. The van der Waals surface area contributed by atoms with E-state index in [2.05, 4.69) is 20.4 Å². The van der Waals surface area contributed by atoms with Crippen LogP contribution in [-0.2, 0) is 7.05 Å². The van der Waals surface area contributed by atoms with Crippen LogP contribution in [0.2, 0.25) is 0 Å². The van der Waals surface area contributed by atoms with Gasteiger partial charge in [0.05, 0.1) is 11.6 Å². The summed E-state index contributed by atoms with van der Waals surface area (Å²) in [4.78, 5) is 8.53. The Hall–Kier alpha value is -1.30. The minimum atomic E-state index is 0.765. The molecule has 2 aromatic heterocycles. The van der Waals surface area contributed by atoms with Crippen molar-refractivity contribution in [3.05, 3.63) is 12.5 Å². The molecule has 0 radical (unpaired) electrons. The fraction of sp³-hybridized carbons (Fsp3) is 0.545. The van der Waals surface area contributed by atoms with Crippen molar-refractivity contribution in [2.45, 2.75) is 6.42 Å². The molecule has 1 saturated heterocycles. The molecule has 0 spiro atoms. The number of aryl methyl sites for hydroxylation is 1. The molecule has 2 aromatic rings. The van der Waals surface area contributed by atoms with E-state index in [1.165, 1.54) is 17.9 Å². The lowest BCUT2D eigenvalue weighted by molar-refractivity contribution is 0.631. The van der Waals surface area contributed by atoms with E-state index < -0.39 is 0 Å². The molecule has 6 heteroatoms. The first kappa shape index (κ1) is 10.8. The lowest BCUT2D eigenvalue weighted by atomic mass is 10.1. The third-order valence-corrected chi connectivity index (χ3v) is 4.34. The number of hydrogen-bond donors (Lipinski definition) is 1. The zero-order chi connectivity index (χ0) is 11.7. The van der Waals surface area contributed by atoms with Gasteiger partial charge in [-0.05, 0) is 23.8 Å². The monoisotopic (exact) mass is 249 g/mol. The standard InChI is InChI=1S/C11H15N5S/c1-16-11-9(5-15-16)10(13-7-14-11)12-4-8-2-3-17-6-8/h5,7-8H,2-4,6H2,1H3,(H,12,13,14). The van der Waals surface area contributed by atoms with Crippen molar-refractivity contribution in [1.29, 1.82) is 0 Å². The first-order valence-electron chi connectivity index (χ1n) is 5.79. The Morgan fingerprint density at radius 1 is 1.53 bits per heavy atom. The van der Waals surface area contributed by atoms with Crippen LogP contribution < -0.4 is 5.32 Å². The molecule has 17 heavy (non-hydrogen) atoms. The summed E-state index contributed by atoms with van der Waals surface area (Å²) in [7, 11) is 1.90. The Morgan fingerprint density at radius 3 is 3.29 bits per heavy atom. The predicted molar refractivity (Wildman–Crippen MR) is 70.2 cm³/mol. The highest BCUT2D eigenvalue weighted by molar-refractivity contribution is 7.99. The molecule has 0 aliphatic carbocycles. The summed E-state index contributed by atoms with van der Waals surface area (Å²) < 4.78 is 1.77. The Bertz CT molecular complexity index is 518. The number of hydrogen-bond acceptors (Lipinski definition) is 5. The van der Waals surface area contributed by atoms with E-state index in [0.29, 0.717) is 0 Å². The van der Waals surface area contributed by atoms with Gasteiger partial charge in [-0.15, -0.1) is 0 Å². The van der Waals surface area contributed by atoms with Gasteiger partial charge >= 0.3 is 0 Å². The molecule has 1 aliphatic rings. The first-order chi connectivity index (χ1) is 8.34. The Morgan fingerprint density at radius 2 is 2.47 bits per heavy atom. The van der Waals surface area contributed by atoms with E-state index in [1.54, 1.807) is 11.0 Å². The predicted octanol–water partition coefficient (Wildman–Crippen LogP) is 1.53. The molecular weight excluding hydrogens is 234 g/mol. The van der Waals surface area contributed by atoms with Gasteiger partial charge in [-0.2, -0.15) is 16.9 Å². The van der Waals surface area contributed by atoms with Gasteiger partial charge in [-0.3, -0.25) is 4.68 Å². The van der Waals surface area contributed by atoms with Crippen LogP contribution in [0.4, 0.5) is 5.82 Å². The second kappa shape index (κ2) is 4.52. The summed E-state index contributed by atoms with van der Waals surface area (Å²) in [5.74, 6) is 4.22. The van der Waals surface area contributed by atoms with E-state index in [9.17, 15) is 0 Å². The third-order valence-electron chi connectivity index (χ3n) is 3.11. The fourth-order valence-corrected chi connectivity index (χ4v) is 3.37. The van der Waals surface area contributed by atoms with Gasteiger partial charge in [-0.25, -0.2) is 9.97 Å². The van der Waals surface area contributed by atoms with E-state index in [4.69, 9.17) is 0 Å². The van der Waals surface area contributed by atoms with Gasteiger partial charge in [0.15, 0.2) is 5.65 Å². The molecule has 3 rings (SSSR count). The van der Waals surface area contributed by atoms with Crippen molar-refractivity contribution >= 4 is 28.6 Å². The van der Waals surface area contributed by atoms with Gasteiger partial charge in [0.25, 0.3) is 0 Å². The zero-order valence-electron chi connectivity index (χ0n) is 9.76. The van der Waals surface area contributed by atoms with Gasteiger partial charge in [-0.1, -0.05) is 0 Å². The maximum atomic E-state index is 4.30. The minimum Gasteiger partial charge on any atom is -0.369 e. The first-order valence-corrected chi connectivity index (χ1v) is 6.94. The molecule has 0 saturated carbocycles. The summed E-state index contributed by atoms with van der Waals surface area (Å²) in [6.07, 6.45) is 4.72. The molecule has 1 unspecified atom stereocenters. The summed E-state index contributed by atoms with van der Waals surface area (Å²) in [6.45, 7) is 0.994. The number of fused-ring (bicyclic) bond motifs is 1. The van der Waals surface area contributed by atoms with Crippen LogP contribution in [0.5, 0.6) is 0 Å². The SMILES string of the molecule is Cn1ncc2c(NCC3CCSC3)ncnc21. The van der Waals surface area contributed by atoms with Crippen LogP contribution in [-0.4, -0.2) is 37.8 Å². The average Bonchev–Trinajstić information content (AvgIpc) is 2.97. The number of thioether (sulfide) groups is 1. The van der Waals surface area contributed by atoms with Crippen LogP contribution >= 0.6 is 11.8 Å². The van der Waals surface area contributed by atoms with Gasteiger partial charge in [0, 0.05) is 13.6 Å². The summed E-state index contributed by atoms with van der Waals surface area (Å²) in [5.41, 5.74) is 0.878. The summed E-state index contributed by atoms with van der Waals surface area (Å²) in [6, 6.07) is 0. The smallest absolute Gasteiger partial charge is 0.163 e. The molecule has 1 fully saturated rings. The lowest BCUT2D eigenvalue weighted by Crippen LogP contribution is -2.14. The van der Waals surface area contributed by atoms with Crippen molar-refractivity contribution in [3.63, 3.8) is 0 Å². The molecule has 1 aliphatic heterocycles. The summed E-state index contributed by atoms with van der Waals surface area (Å²) in [5, 5.41) is 8.63. The number of nitrogens with zero attached hydrogens (tertiary/aromatic N) is 4. The van der Waals surface area contributed by atoms with Gasteiger partial charge < -0.3 is 5.32 Å². The van der Waals surface area contributed by atoms with Gasteiger partial charge in [0.1, 0.15) is 12.1 Å². The lowest BCUT2D eigenvalue weighted by Gasteiger charge is -2.10. The largest absolute Gasteiger partial charge is 0.369 e. The van der Waals surface area contributed by atoms with Crippen LogP contribution in [0, 0.1) is 5.92 Å².